The number of carbonyl (C=O) groups is 1. The number of benzene rings is 1. The molecule has 1 atom stereocenters. The second kappa shape index (κ2) is 5.57. The number of ether oxygens (including phenoxy) is 1. The molecular formula is C16H20O3. The number of hydrogen-bond donors (Lipinski definition) is 1. The van der Waals surface area contributed by atoms with Crippen molar-refractivity contribution in [2.45, 2.75) is 38.4 Å². The molecule has 1 aliphatic carbocycles. The molecule has 19 heavy (non-hydrogen) atoms. The van der Waals surface area contributed by atoms with E-state index in [1.807, 2.05) is 37.3 Å². The van der Waals surface area contributed by atoms with E-state index in [1.165, 1.54) is 0 Å². The summed E-state index contributed by atoms with van der Waals surface area (Å²) in [5.41, 5.74) is 0.879. The fourth-order valence-electron chi connectivity index (χ4n) is 2.72. The lowest BCUT2D eigenvalue weighted by molar-refractivity contribution is -0.145. The van der Waals surface area contributed by atoms with Crippen LogP contribution in [-0.2, 0) is 9.53 Å². The van der Waals surface area contributed by atoms with Crippen LogP contribution in [0.25, 0.3) is 0 Å². The topological polar surface area (TPSA) is 46.5 Å². The number of carboxylic acid groups (broad SMARTS) is 1. The Kier molecular flexibility index (Phi) is 4.05. The van der Waals surface area contributed by atoms with Gasteiger partial charge in [0.15, 0.2) is 0 Å². The van der Waals surface area contributed by atoms with E-state index in [1.54, 1.807) is 6.08 Å². The molecule has 1 N–H and O–H groups in total. The molecule has 1 aliphatic rings. The van der Waals surface area contributed by atoms with E-state index in [4.69, 9.17) is 9.84 Å². The molecule has 1 saturated carbocycles. The Morgan fingerprint density at radius 3 is 2.68 bits per heavy atom. The maximum absolute atomic E-state index is 10.8. The van der Waals surface area contributed by atoms with Crippen molar-refractivity contribution in [2.24, 2.45) is 5.41 Å². The monoisotopic (exact) mass is 260 g/mol. The summed E-state index contributed by atoms with van der Waals surface area (Å²) >= 11 is 0. The Hall–Kier alpha value is -1.61. The predicted molar refractivity (Wildman–Crippen MR) is 73.8 cm³/mol. The van der Waals surface area contributed by atoms with Crippen molar-refractivity contribution in [3.8, 4) is 0 Å². The Morgan fingerprint density at radius 1 is 1.53 bits per heavy atom. The molecule has 3 heteroatoms. The zero-order valence-electron chi connectivity index (χ0n) is 11.2. The molecule has 0 saturated heterocycles. The van der Waals surface area contributed by atoms with Gasteiger partial charge in [-0.3, -0.25) is 4.79 Å². The fraction of sp³-hybridized carbons (Fsp3) is 0.438. The van der Waals surface area contributed by atoms with Crippen molar-refractivity contribution in [2.75, 3.05) is 0 Å². The fourth-order valence-corrected chi connectivity index (χ4v) is 2.72. The van der Waals surface area contributed by atoms with Crippen LogP contribution >= 0.6 is 0 Å². The van der Waals surface area contributed by atoms with Crippen molar-refractivity contribution < 1.29 is 14.6 Å². The number of rotatable bonds is 6. The van der Waals surface area contributed by atoms with Gasteiger partial charge in [-0.1, -0.05) is 36.4 Å². The van der Waals surface area contributed by atoms with Gasteiger partial charge >= 0.3 is 5.97 Å². The van der Waals surface area contributed by atoms with Gasteiger partial charge in [0.05, 0.1) is 18.6 Å². The standard InChI is InChI=1S/C16H20O3/c1-3-16(11-15(17)18)9-14(10-16)19-12(2)13-7-5-4-6-8-13/h3-8,12,14H,1,9-11H2,2H3,(H,17,18)/t12-,14?,16?/m1/s1. The summed E-state index contributed by atoms with van der Waals surface area (Å²) in [5.74, 6) is -0.769. The quantitative estimate of drug-likeness (QED) is 0.795. The molecule has 0 aliphatic heterocycles. The van der Waals surface area contributed by atoms with Crippen LogP contribution in [0.15, 0.2) is 43.0 Å². The molecule has 0 aromatic heterocycles. The van der Waals surface area contributed by atoms with Crippen LogP contribution in [0.3, 0.4) is 0 Å². The minimum atomic E-state index is -0.769. The van der Waals surface area contributed by atoms with E-state index in [0.29, 0.717) is 0 Å². The molecule has 2 rings (SSSR count). The Balaban J connectivity index is 1.87. The average molecular weight is 260 g/mol. The van der Waals surface area contributed by atoms with Gasteiger partial charge in [0.2, 0.25) is 0 Å². The molecule has 0 heterocycles. The minimum absolute atomic E-state index is 0.0406. The number of allylic oxidation sites excluding steroid dienone is 1. The third-order valence-corrected chi connectivity index (χ3v) is 3.87. The van der Waals surface area contributed by atoms with Crippen molar-refractivity contribution in [1.29, 1.82) is 0 Å². The molecule has 0 amide bonds. The molecular weight excluding hydrogens is 240 g/mol. The number of aliphatic carboxylic acids is 1. The highest BCUT2D eigenvalue weighted by Crippen LogP contribution is 2.47. The van der Waals surface area contributed by atoms with E-state index < -0.39 is 5.97 Å². The van der Waals surface area contributed by atoms with Crippen molar-refractivity contribution in [3.05, 3.63) is 48.6 Å². The lowest BCUT2D eigenvalue weighted by Gasteiger charge is -2.45. The highest BCUT2D eigenvalue weighted by atomic mass is 16.5. The van der Waals surface area contributed by atoms with Gasteiger partial charge in [-0.05, 0) is 25.3 Å². The van der Waals surface area contributed by atoms with E-state index in [-0.39, 0.29) is 24.0 Å². The molecule has 0 spiro atoms. The van der Waals surface area contributed by atoms with E-state index in [2.05, 4.69) is 6.58 Å². The van der Waals surface area contributed by atoms with E-state index in [0.717, 1.165) is 18.4 Å². The number of carboxylic acids is 1. The Morgan fingerprint density at radius 2 is 2.16 bits per heavy atom. The first kappa shape index (κ1) is 13.8. The first-order valence-electron chi connectivity index (χ1n) is 6.60. The normalized spacial score (nSPS) is 27.3. The molecule has 1 aromatic rings. The van der Waals surface area contributed by atoms with Gasteiger partial charge in [-0.2, -0.15) is 0 Å². The van der Waals surface area contributed by atoms with Crippen molar-refractivity contribution >= 4 is 5.97 Å². The lowest BCUT2D eigenvalue weighted by atomic mass is 9.65. The highest BCUT2D eigenvalue weighted by molar-refractivity contribution is 5.68. The lowest BCUT2D eigenvalue weighted by Crippen LogP contribution is -2.42. The van der Waals surface area contributed by atoms with Crippen LogP contribution in [-0.4, -0.2) is 17.2 Å². The van der Waals surface area contributed by atoms with Crippen LogP contribution in [0.2, 0.25) is 0 Å². The van der Waals surface area contributed by atoms with Crippen molar-refractivity contribution in [3.63, 3.8) is 0 Å². The molecule has 0 bridgehead atoms. The molecule has 0 unspecified atom stereocenters. The first-order chi connectivity index (χ1) is 9.04. The summed E-state index contributed by atoms with van der Waals surface area (Å²) < 4.78 is 5.97. The van der Waals surface area contributed by atoms with Gasteiger partial charge in [0, 0.05) is 5.41 Å². The minimum Gasteiger partial charge on any atom is -0.481 e. The van der Waals surface area contributed by atoms with Gasteiger partial charge in [-0.15, -0.1) is 6.58 Å². The summed E-state index contributed by atoms with van der Waals surface area (Å²) in [5, 5.41) is 8.90. The maximum Gasteiger partial charge on any atom is 0.304 e. The SMILES string of the molecule is C=CC1(CC(=O)O)CC(O[C@H](C)c2ccccc2)C1. The van der Waals surface area contributed by atoms with Crippen LogP contribution in [0.1, 0.15) is 37.9 Å². The van der Waals surface area contributed by atoms with Gasteiger partial charge in [0.25, 0.3) is 0 Å². The third kappa shape index (κ3) is 3.24. The molecule has 1 aromatic carbocycles. The average Bonchev–Trinajstić information content (AvgIpc) is 2.36. The largest absolute Gasteiger partial charge is 0.481 e. The van der Waals surface area contributed by atoms with Crippen LogP contribution in [0.4, 0.5) is 0 Å². The van der Waals surface area contributed by atoms with Gasteiger partial charge in [0.1, 0.15) is 0 Å². The second-order valence-electron chi connectivity index (χ2n) is 5.36. The maximum atomic E-state index is 10.8. The molecule has 3 nitrogen and oxygen atoms in total. The third-order valence-electron chi connectivity index (χ3n) is 3.87. The van der Waals surface area contributed by atoms with Crippen LogP contribution < -0.4 is 0 Å². The summed E-state index contributed by atoms with van der Waals surface area (Å²) in [7, 11) is 0. The van der Waals surface area contributed by atoms with Crippen LogP contribution in [0, 0.1) is 5.41 Å². The molecule has 102 valence electrons. The van der Waals surface area contributed by atoms with Crippen LogP contribution in [0.5, 0.6) is 0 Å². The zero-order valence-corrected chi connectivity index (χ0v) is 11.2. The summed E-state index contributed by atoms with van der Waals surface area (Å²) in [6, 6.07) is 10.1. The summed E-state index contributed by atoms with van der Waals surface area (Å²) in [4.78, 5) is 10.8. The first-order valence-corrected chi connectivity index (χ1v) is 6.60. The van der Waals surface area contributed by atoms with Gasteiger partial charge < -0.3 is 9.84 Å². The second-order valence-corrected chi connectivity index (χ2v) is 5.36. The Bertz CT molecular complexity index is 446. The molecule has 0 radical (unpaired) electrons. The summed E-state index contributed by atoms with van der Waals surface area (Å²) in [6.07, 6.45) is 3.59. The van der Waals surface area contributed by atoms with E-state index in [9.17, 15) is 4.79 Å². The predicted octanol–water partition coefficient (Wildman–Crippen LogP) is 3.57. The van der Waals surface area contributed by atoms with Crippen molar-refractivity contribution in [1.82, 2.24) is 0 Å². The smallest absolute Gasteiger partial charge is 0.304 e. The Labute approximate surface area is 113 Å². The summed E-state index contributed by atoms with van der Waals surface area (Å²) in [6.45, 7) is 5.79. The molecule has 1 fully saturated rings. The van der Waals surface area contributed by atoms with E-state index >= 15 is 0 Å². The zero-order chi connectivity index (χ0) is 13.9. The van der Waals surface area contributed by atoms with Gasteiger partial charge in [-0.25, -0.2) is 0 Å². The highest BCUT2D eigenvalue weighted by Gasteiger charge is 2.44. The number of hydrogen-bond acceptors (Lipinski definition) is 2.